The molecule has 1 N–H and O–H groups in total. The van der Waals surface area contributed by atoms with Crippen LogP contribution in [0.25, 0.3) is 0 Å². The van der Waals surface area contributed by atoms with Gasteiger partial charge in [0.2, 0.25) is 0 Å². The van der Waals surface area contributed by atoms with Crippen LogP contribution in [0.2, 0.25) is 0 Å². The van der Waals surface area contributed by atoms with Crippen LogP contribution >= 0.6 is 0 Å². The molecule has 0 saturated carbocycles. The maximum atomic E-state index is 9.69. The predicted octanol–water partition coefficient (Wildman–Crippen LogP) is 3.40. The molecule has 16 heavy (non-hydrogen) atoms. The summed E-state index contributed by atoms with van der Waals surface area (Å²) in [5, 5.41) is 9.69. The highest BCUT2D eigenvalue weighted by Crippen LogP contribution is 2.20. The minimum Gasteiger partial charge on any atom is -0.391 e. The molecule has 1 unspecified atom stereocenters. The van der Waals surface area contributed by atoms with E-state index in [1.165, 1.54) is 0 Å². The number of hydrogen-bond donors (Lipinski definition) is 1. The van der Waals surface area contributed by atoms with Gasteiger partial charge in [-0.15, -0.1) is 0 Å². The molecule has 0 bridgehead atoms. The van der Waals surface area contributed by atoms with Crippen LogP contribution in [0.15, 0.2) is 12.2 Å². The average molecular weight is 228 g/mol. The Kier molecular flexibility index (Phi) is 6.27. The average Bonchev–Trinajstić information content (AvgIpc) is 1.97. The van der Waals surface area contributed by atoms with Gasteiger partial charge in [0.25, 0.3) is 0 Å². The van der Waals surface area contributed by atoms with E-state index in [1.807, 2.05) is 6.08 Å². The van der Waals surface area contributed by atoms with Crippen molar-refractivity contribution in [2.45, 2.75) is 54.1 Å². The second-order valence-corrected chi connectivity index (χ2v) is 6.72. The molecule has 0 fully saturated rings. The molecule has 0 aliphatic carbocycles. The quantitative estimate of drug-likeness (QED) is 0.577. The molecular formula is C14H28O2. The Morgan fingerprint density at radius 1 is 1.12 bits per heavy atom. The standard InChI is InChI=1S/C14H28O2/c1-13(2,3)8-7-9-16-11-12(15)10-14(4,5)6/h7-8,12,15H,9-11H2,1-6H3. The van der Waals surface area contributed by atoms with E-state index >= 15 is 0 Å². The Labute approximate surface area is 101 Å². The maximum absolute atomic E-state index is 9.69. The molecular weight excluding hydrogens is 200 g/mol. The molecule has 0 spiro atoms. The normalized spacial score (nSPS) is 15.7. The molecule has 0 aromatic carbocycles. The van der Waals surface area contributed by atoms with Gasteiger partial charge in [0.05, 0.1) is 19.3 Å². The first kappa shape index (κ1) is 15.7. The molecule has 96 valence electrons. The number of aliphatic hydroxyl groups is 1. The minimum absolute atomic E-state index is 0.157. The zero-order valence-electron chi connectivity index (χ0n) is 11.7. The lowest BCUT2D eigenvalue weighted by Gasteiger charge is -2.22. The number of ether oxygens (including phenoxy) is 1. The van der Waals surface area contributed by atoms with Crippen LogP contribution in [0.3, 0.4) is 0 Å². The van der Waals surface area contributed by atoms with E-state index in [2.05, 4.69) is 47.6 Å². The fourth-order valence-electron chi connectivity index (χ4n) is 1.44. The van der Waals surface area contributed by atoms with Crippen LogP contribution in [0, 0.1) is 10.8 Å². The van der Waals surface area contributed by atoms with Gasteiger partial charge < -0.3 is 9.84 Å². The second-order valence-electron chi connectivity index (χ2n) is 6.72. The summed E-state index contributed by atoms with van der Waals surface area (Å²) in [6, 6.07) is 0. The van der Waals surface area contributed by atoms with Crippen molar-refractivity contribution in [2.24, 2.45) is 10.8 Å². The zero-order chi connectivity index (χ0) is 12.8. The molecule has 0 aromatic rings. The number of rotatable bonds is 5. The Bertz CT molecular complexity index is 206. The lowest BCUT2D eigenvalue weighted by Crippen LogP contribution is -2.22. The number of hydrogen-bond acceptors (Lipinski definition) is 2. The first-order chi connectivity index (χ1) is 7.10. The first-order valence-corrected chi connectivity index (χ1v) is 6.04. The van der Waals surface area contributed by atoms with E-state index in [0.29, 0.717) is 13.2 Å². The third-order valence-corrected chi connectivity index (χ3v) is 1.99. The molecule has 0 aliphatic rings. The first-order valence-electron chi connectivity index (χ1n) is 6.04. The molecule has 0 rings (SSSR count). The van der Waals surface area contributed by atoms with Crippen molar-refractivity contribution in [2.75, 3.05) is 13.2 Å². The largest absolute Gasteiger partial charge is 0.391 e. The Morgan fingerprint density at radius 2 is 1.69 bits per heavy atom. The van der Waals surface area contributed by atoms with E-state index in [0.717, 1.165) is 6.42 Å². The summed E-state index contributed by atoms with van der Waals surface area (Å²) in [4.78, 5) is 0. The monoisotopic (exact) mass is 228 g/mol. The molecule has 0 saturated heterocycles. The molecule has 0 aromatic heterocycles. The summed E-state index contributed by atoms with van der Waals surface area (Å²) >= 11 is 0. The summed E-state index contributed by atoms with van der Waals surface area (Å²) in [5.41, 5.74) is 0.359. The zero-order valence-corrected chi connectivity index (χ0v) is 11.7. The van der Waals surface area contributed by atoms with E-state index in [4.69, 9.17) is 4.74 Å². The van der Waals surface area contributed by atoms with E-state index in [-0.39, 0.29) is 16.9 Å². The van der Waals surface area contributed by atoms with Crippen LogP contribution < -0.4 is 0 Å². The van der Waals surface area contributed by atoms with Crippen molar-refractivity contribution in [1.29, 1.82) is 0 Å². The number of aliphatic hydroxyl groups excluding tert-OH is 1. The maximum Gasteiger partial charge on any atom is 0.0778 e. The van der Waals surface area contributed by atoms with Crippen LogP contribution in [0.4, 0.5) is 0 Å². The lowest BCUT2D eigenvalue weighted by molar-refractivity contribution is 0.0260. The SMILES string of the molecule is CC(C)(C)C=CCOCC(O)CC(C)(C)C. The van der Waals surface area contributed by atoms with Gasteiger partial charge >= 0.3 is 0 Å². The third-order valence-electron chi connectivity index (χ3n) is 1.99. The van der Waals surface area contributed by atoms with Crippen LogP contribution in [0.1, 0.15) is 48.0 Å². The Hall–Kier alpha value is -0.340. The summed E-state index contributed by atoms with van der Waals surface area (Å²) in [5.74, 6) is 0. The molecule has 2 heteroatoms. The van der Waals surface area contributed by atoms with Gasteiger partial charge in [0.1, 0.15) is 0 Å². The van der Waals surface area contributed by atoms with Crippen molar-refractivity contribution in [3.63, 3.8) is 0 Å². The van der Waals surface area contributed by atoms with Crippen LogP contribution in [-0.4, -0.2) is 24.4 Å². The topological polar surface area (TPSA) is 29.5 Å². The summed E-state index contributed by atoms with van der Waals surface area (Å²) in [6.45, 7) is 13.8. The highest BCUT2D eigenvalue weighted by atomic mass is 16.5. The van der Waals surface area contributed by atoms with Crippen LogP contribution in [-0.2, 0) is 4.74 Å². The summed E-state index contributed by atoms with van der Waals surface area (Å²) in [7, 11) is 0. The van der Waals surface area contributed by atoms with Crippen molar-refractivity contribution in [1.82, 2.24) is 0 Å². The van der Waals surface area contributed by atoms with Crippen LogP contribution in [0.5, 0.6) is 0 Å². The van der Waals surface area contributed by atoms with Gasteiger partial charge in [-0.1, -0.05) is 53.7 Å². The Morgan fingerprint density at radius 3 is 2.12 bits per heavy atom. The third kappa shape index (κ3) is 11.7. The predicted molar refractivity (Wildman–Crippen MR) is 69.5 cm³/mol. The molecule has 2 nitrogen and oxygen atoms in total. The Balaban J connectivity index is 3.64. The second kappa shape index (κ2) is 6.41. The van der Waals surface area contributed by atoms with Gasteiger partial charge in [-0.2, -0.15) is 0 Å². The van der Waals surface area contributed by atoms with E-state index in [1.54, 1.807) is 0 Å². The molecule has 0 amide bonds. The molecule has 1 atom stereocenters. The van der Waals surface area contributed by atoms with E-state index < -0.39 is 0 Å². The smallest absolute Gasteiger partial charge is 0.0778 e. The van der Waals surface area contributed by atoms with E-state index in [9.17, 15) is 5.11 Å². The van der Waals surface area contributed by atoms with Crippen molar-refractivity contribution in [3.05, 3.63) is 12.2 Å². The highest BCUT2D eigenvalue weighted by Gasteiger charge is 2.16. The molecule has 0 radical (unpaired) electrons. The highest BCUT2D eigenvalue weighted by molar-refractivity contribution is 4.92. The van der Waals surface area contributed by atoms with Gasteiger partial charge in [-0.05, 0) is 17.3 Å². The van der Waals surface area contributed by atoms with Crippen molar-refractivity contribution in [3.8, 4) is 0 Å². The van der Waals surface area contributed by atoms with Crippen molar-refractivity contribution < 1.29 is 9.84 Å². The van der Waals surface area contributed by atoms with Gasteiger partial charge in [0, 0.05) is 0 Å². The lowest BCUT2D eigenvalue weighted by atomic mass is 9.89. The number of allylic oxidation sites excluding steroid dienone is 1. The fourth-order valence-corrected chi connectivity index (χ4v) is 1.44. The van der Waals surface area contributed by atoms with Gasteiger partial charge in [-0.25, -0.2) is 0 Å². The molecule has 0 aliphatic heterocycles. The van der Waals surface area contributed by atoms with Crippen molar-refractivity contribution >= 4 is 0 Å². The summed E-state index contributed by atoms with van der Waals surface area (Å²) in [6.07, 6.45) is 4.56. The van der Waals surface area contributed by atoms with Gasteiger partial charge in [0.15, 0.2) is 0 Å². The van der Waals surface area contributed by atoms with Gasteiger partial charge in [-0.3, -0.25) is 0 Å². The molecule has 0 heterocycles. The fraction of sp³-hybridized carbons (Fsp3) is 0.857. The minimum atomic E-state index is -0.358. The summed E-state index contributed by atoms with van der Waals surface area (Å²) < 4.78 is 5.40.